The van der Waals surface area contributed by atoms with Gasteiger partial charge in [-0.3, -0.25) is 9.78 Å². The van der Waals surface area contributed by atoms with Gasteiger partial charge in [0.15, 0.2) is 0 Å². The van der Waals surface area contributed by atoms with E-state index in [1.165, 1.54) is 11.3 Å². The van der Waals surface area contributed by atoms with E-state index in [-0.39, 0.29) is 11.9 Å². The van der Waals surface area contributed by atoms with E-state index in [1.54, 1.807) is 17.5 Å². The Hall–Kier alpha value is -1.46. The normalized spacial score (nSPS) is 28.9. The smallest absolute Gasteiger partial charge is 0.253 e. The Balaban J connectivity index is 1.40. The summed E-state index contributed by atoms with van der Waals surface area (Å²) >= 11 is 1.78. The van der Waals surface area contributed by atoms with Gasteiger partial charge in [-0.25, -0.2) is 0 Å². The first-order valence-electron chi connectivity index (χ1n) is 9.74. The lowest BCUT2D eigenvalue weighted by molar-refractivity contribution is -0.00257. The summed E-state index contributed by atoms with van der Waals surface area (Å²) in [5, 5.41) is 13.3. The highest BCUT2D eigenvalue weighted by atomic mass is 32.1. The number of nitrogens with zero attached hydrogens (tertiary/aromatic N) is 1. The molecule has 4 rings (SSSR count). The number of carbonyl (C=O) groups excluding carboxylic acids is 1. The molecule has 2 aromatic heterocycles. The van der Waals surface area contributed by atoms with Crippen molar-refractivity contribution in [2.75, 3.05) is 0 Å². The van der Waals surface area contributed by atoms with Crippen LogP contribution in [-0.4, -0.2) is 27.6 Å². The maximum atomic E-state index is 12.6. The first-order chi connectivity index (χ1) is 12.3. The van der Waals surface area contributed by atoms with Crippen molar-refractivity contribution < 1.29 is 9.90 Å². The predicted molar refractivity (Wildman–Crippen MR) is 106 cm³/mol. The summed E-state index contributed by atoms with van der Waals surface area (Å²) in [5.74, 6) is 1.77. The number of hydrogen-bond acceptors (Lipinski definition) is 4. The van der Waals surface area contributed by atoms with Crippen LogP contribution in [0.2, 0.25) is 0 Å². The molecule has 2 aromatic rings. The van der Waals surface area contributed by atoms with E-state index in [9.17, 15) is 9.90 Å². The van der Waals surface area contributed by atoms with Crippen LogP contribution in [0.4, 0.5) is 0 Å². The monoisotopic (exact) mass is 372 g/mol. The molecule has 2 saturated carbocycles. The number of hydrogen-bond donors (Lipinski definition) is 2. The summed E-state index contributed by atoms with van der Waals surface area (Å²) in [6.07, 6.45) is 6.75. The molecule has 0 aliphatic heterocycles. The van der Waals surface area contributed by atoms with Crippen molar-refractivity contribution in [2.45, 2.75) is 70.4 Å². The average Bonchev–Trinajstić information content (AvgIpc) is 3.17. The minimum atomic E-state index is -0.625. The summed E-state index contributed by atoms with van der Waals surface area (Å²) in [6, 6.07) is 4.37. The molecule has 4 nitrogen and oxygen atoms in total. The van der Waals surface area contributed by atoms with Gasteiger partial charge in [-0.2, -0.15) is 0 Å². The Bertz CT molecular complexity index is 815. The van der Waals surface area contributed by atoms with E-state index in [0.717, 1.165) is 41.8 Å². The van der Waals surface area contributed by atoms with Crippen LogP contribution in [0, 0.1) is 11.8 Å². The number of thiophene rings is 1. The van der Waals surface area contributed by atoms with Crippen molar-refractivity contribution in [2.24, 2.45) is 11.8 Å². The third kappa shape index (κ3) is 3.65. The van der Waals surface area contributed by atoms with Gasteiger partial charge in [0.25, 0.3) is 5.91 Å². The van der Waals surface area contributed by atoms with E-state index in [2.05, 4.69) is 23.3 Å². The van der Waals surface area contributed by atoms with Crippen molar-refractivity contribution in [1.29, 1.82) is 0 Å². The number of aliphatic hydroxyl groups is 1. The molecule has 0 radical (unpaired) electrons. The van der Waals surface area contributed by atoms with Crippen LogP contribution in [0.3, 0.4) is 0 Å². The maximum absolute atomic E-state index is 12.6. The molecular weight excluding hydrogens is 344 g/mol. The fraction of sp³-hybridized carbons (Fsp3) is 0.619. The van der Waals surface area contributed by atoms with E-state index >= 15 is 0 Å². The minimum absolute atomic E-state index is 0.0270. The first kappa shape index (κ1) is 17.9. The maximum Gasteiger partial charge on any atom is 0.253 e. The number of carbonyl (C=O) groups is 1. The van der Waals surface area contributed by atoms with E-state index in [0.29, 0.717) is 17.4 Å². The van der Waals surface area contributed by atoms with Crippen molar-refractivity contribution >= 4 is 27.5 Å². The Morgan fingerprint density at radius 2 is 1.96 bits per heavy atom. The summed E-state index contributed by atoms with van der Waals surface area (Å²) < 4.78 is 1.11. The third-order valence-corrected chi connectivity index (χ3v) is 7.39. The van der Waals surface area contributed by atoms with Gasteiger partial charge < -0.3 is 10.4 Å². The number of rotatable bonds is 4. The number of nitrogens with one attached hydrogen (secondary N) is 1. The number of amides is 1. The highest BCUT2D eigenvalue weighted by Gasteiger charge is 2.35. The van der Waals surface area contributed by atoms with Crippen LogP contribution in [0.15, 0.2) is 18.3 Å². The molecule has 2 heterocycles. The molecule has 2 aliphatic carbocycles. The highest BCUT2D eigenvalue weighted by molar-refractivity contribution is 7.19. The van der Waals surface area contributed by atoms with Gasteiger partial charge >= 0.3 is 0 Å². The van der Waals surface area contributed by atoms with Gasteiger partial charge in [-0.1, -0.05) is 6.92 Å². The van der Waals surface area contributed by atoms with Crippen molar-refractivity contribution in [3.8, 4) is 0 Å². The lowest BCUT2D eigenvalue weighted by Crippen LogP contribution is -2.41. The quantitative estimate of drug-likeness (QED) is 0.832. The molecule has 0 spiro atoms. The molecule has 2 fully saturated rings. The second-order valence-corrected chi connectivity index (χ2v) is 9.87. The molecule has 1 amide bonds. The van der Waals surface area contributed by atoms with Crippen LogP contribution in [0.25, 0.3) is 10.2 Å². The summed E-state index contributed by atoms with van der Waals surface area (Å²) in [7, 11) is 0. The zero-order valence-electron chi connectivity index (χ0n) is 15.8. The minimum Gasteiger partial charge on any atom is -0.390 e. The van der Waals surface area contributed by atoms with Crippen LogP contribution in [0.5, 0.6) is 0 Å². The van der Waals surface area contributed by atoms with Crippen LogP contribution in [0.1, 0.15) is 74.0 Å². The van der Waals surface area contributed by atoms with Crippen molar-refractivity contribution in [1.82, 2.24) is 10.3 Å². The number of pyridine rings is 1. The molecule has 5 heteroatoms. The highest BCUT2D eigenvalue weighted by Crippen LogP contribution is 2.50. The van der Waals surface area contributed by atoms with Gasteiger partial charge in [-0.15, -0.1) is 11.3 Å². The molecule has 0 bridgehead atoms. The zero-order chi connectivity index (χ0) is 18.5. The van der Waals surface area contributed by atoms with Gasteiger partial charge in [0.1, 0.15) is 0 Å². The molecular formula is C21H28N2O2S. The lowest BCUT2D eigenvalue weighted by Gasteiger charge is -2.36. The number of fused-ring (bicyclic) bond motifs is 1. The van der Waals surface area contributed by atoms with Crippen molar-refractivity contribution in [3.05, 3.63) is 28.8 Å². The third-order valence-electron chi connectivity index (χ3n) is 6.19. The molecule has 2 atom stereocenters. The molecule has 0 saturated heterocycles. The largest absolute Gasteiger partial charge is 0.390 e. The molecule has 0 aromatic carbocycles. The second kappa shape index (κ2) is 6.61. The number of aromatic nitrogens is 1. The summed E-state index contributed by atoms with van der Waals surface area (Å²) in [6.45, 7) is 6.05. The Morgan fingerprint density at radius 1 is 1.27 bits per heavy atom. The van der Waals surface area contributed by atoms with Gasteiger partial charge in [-0.05, 0) is 75.8 Å². The fourth-order valence-electron chi connectivity index (χ4n) is 4.17. The summed E-state index contributed by atoms with van der Waals surface area (Å²) in [4.78, 5) is 18.6. The molecule has 0 unspecified atom stereocenters. The van der Waals surface area contributed by atoms with E-state index < -0.39 is 5.60 Å². The molecule has 2 aliphatic rings. The molecule has 26 heavy (non-hydrogen) atoms. The first-order valence-corrected chi connectivity index (χ1v) is 10.6. The topological polar surface area (TPSA) is 62.2 Å². The second-order valence-electron chi connectivity index (χ2n) is 8.75. The SMILES string of the molecule is C[C@@H]1C[C@@H]1c1cc2ncc(C(=O)NC3CCC(C(C)(C)O)CC3)cc2s1. The lowest BCUT2D eigenvalue weighted by atomic mass is 9.77. The Morgan fingerprint density at radius 3 is 2.58 bits per heavy atom. The van der Waals surface area contributed by atoms with E-state index in [4.69, 9.17) is 0 Å². The molecule has 2 N–H and O–H groups in total. The van der Waals surface area contributed by atoms with E-state index in [1.807, 2.05) is 19.9 Å². The van der Waals surface area contributed by atoms with Gasteiger partial charge in [0.05, 0.1) is 21.4 Å². The van der Waals surface area contributed by atoms with Crippen LogP contribution < -0.4 is 5.32 Å². The Kier molecular flexibility index (Phi) is 4.56. The Labute approximate surface area is 159 Å². The van der Waals surface area contributed by atoms with Crippen LogP contribution >= 0.6 is 11.3 Å². The van der Waals surface area contributed by atoms with Crippen LogP contribution in [-0.2, 0) is 0 Å². The zero-order valence-corrected chi connectivity index (χ0v) is 16.6. The summed E-state index contributed by atoms with van der Waals surface area (Å²) in [5.41, 5.74) is 1.03. The fourth-order valence-corrected chi connectivity index (χ4v) is 5.48. The van der Waals surface area contributed by atoms with Gasteiger partial charge in [0.2, 0.25) is 0 Å². The average molecular weight is 373 g/mol. The van der Waals surface area contributed by atoms with Gasteiger partial charge in [0, 0.05) is 17.1 Å². The van der Waals surface area contributed by atoms with Crippen molar-refractivity contribution in [3.63, 3.8) is 0 Å². The standard InChI is InChI=1S/C21H28N2O2S/c1-12-8-16(12)18-10-17-19(26-18)9-13(11-22-17)20(24)23-15-6-4-14(5-7-15)21(2,3)25/h9-12,14-16,25H,4-8H2,1-3H3,(H,23,24)/t12-,14?,15?,16+/m1/s1. The predicted octanol–water partition coefficient (Wildman–Crippen LogP) is 4.48. The molecule has 140 valence electrons.